The van der Waals surface area contributed by atoms with Crippen molar-refractivity contribution in [2.75, 3.05) is 34.0 Å². The van der Waals surface area contributed by atoms with Crippen molar-refractivity contribution in [1.82, 2.24) is 4.90 Å². The molecule has 3 heterocycles. The number of ketones is 3. The van der Waals surface area contributed by atoms with Crippen LogP contribution in [0, 0.1) is 40.9 Å². The number of allylic oxidation sites excluding steroid dienone is 6. The maximum absolute atomic E-state index is 14.6. The quantitative estimate of drug-likeness (QED) is 0.0981. The third-order valence-electron chi connectivity index (χ3n) is 16.0. The van der Waals surface area contributed by atoms with Gasteiger partial charge in [-0.1, -0.05) is 71.1 Å². The second kappa shape index (κ2) is 29.2. The van der Waals surface area contributed by atoms with Crippen molar-refractivity contribution in [3.63, 3.8) is 0 Å². The van der Waals surface area contributed by atoms with Gasteiger partial charge in [0.05, 0.1) is 37.6 Å². The van der Waals surface area contributed by atoms with Crippen molar-refractivity contribution < 1.29 is 77.6 Å². The molecule has 4 aliphatic rings. The Bertz CT molecular complexity index is 2060. The lowest BCUT2D eigenvalue weighted by atomic mass is 9.78. The number of Topliss-reactive ketones (excluding diaryl/α,β-unsaturated/α-hetero) is 3. The molecular weight excluding hydrogens is 967 g/mol. The van der Waals surface area contributed by atoms with Crippen LogP contribution in [-0.2, 0) is 57.2 Å². The summed E-state index contributed by atoms with van der Waals surface area (Å²) in [6.45, 7) is 16.6. The summed E-state index contributed by atoms with van der Waals surface area (Å²) < 4.78 is 36.3. The van der Waals surface area contributed by atoms with Crippen LogP contribution < -0.4 is 0 Å². The van der Waals surface area contributed by atoms with Gasteiger partial charge in [-0.25, -0.2) is 4.79 Å². The number of cyclic esters (lactones) is 1. The van der Waals surface area contributed by atoms with Gasteiger partial charge in [0.15, 0.2) is 5.78 Å². The van der Waals surface area contributed by atoms with Crippen molar-refractivity contribution in [3.05, 3.63) is 47.6 Å². The summed E-state index contributed by atoms with van der Waals surface area (Å²) in [5.41, 5.74) is -0.258. The van der Waals surface area contributed by atoms with Gasteiger partial charge in [-0.05, 0) is 128 Å². The number of aliphatic hydroxyl groups is 4. The van der Waals surface area contributed by atoms with Gasteiger partial charge in [0.2, 0.25) is 5.79 Å². The minimum absolute atomic E-state index is 0.00339. The Morgan fingerprint density at radius 2 is 1.55 bits per heavy atom. The van der Waals surface area contributed by atoms with Crippen LogP contribution in [0.1, 0.15) is 146 Å². The van der Waals surface area contributed by atoms with Crippen LogP contribution >= 0.6 is 0 Å². The number of hydrogen-bond acceptors (Lipinski definition) is 16. The summed E-state index contributed by atoms with van der Waals surface area (Å²) in [6.07, 6.45) is 9.18. The third kappa shape index (κ3) is 17.0. The summed E-state index contributed by atoms with van der Waals surface area (Å²) in [7, 11) is 2.98. The van der Waals surface area contributed by atoms with E-state index < -0.39 is 120 Å². The third-order valence-corrected chi connectivity index (χ3v) is 16.0. The van der Waals surface area contributed by atoms with E-state index in [0.29, 0.717) is 68.9 Å². The van der Waals surface area contributed by atoms with Gasteiger partial charge in [0, 0.05) is 51.4 Å². The summed E-state index contributed by atoms with van der Waals surface area (Å²) in [5.74, 6) is -9.16. The molecule has 3 aliphatic heterocycles. The number of aliphatic hydroxyl groups excluding tert-OH is 3. The molecule has 0 unspecified atom stereocenters. The molecule has 2 bridgehead atoms. The van der Waals surface area contributed by atoms with Crippen molar-refractivity contribution >= 4 is 35.2 Å². The molecule has 1 saturated carbocycles. The predicted octanol–water partition coefficient (Wildman–Crippen LogP) is 6.50. The molecule has 424 valence electrons. The number of carbonyl (C=O) groups excluding carboxylic acids is 6. The van der Waals surface area contributed by atoms with Crippen molar-refractivity contribution in [1.29, 1.82) is 0 Å². The molecule has 3 fully saturated rings. The highest BCUT2D eigenvalue weighted by Crippen LogP contribution is 2.38. The monoisotopic (exact) mass is 1060 g/mol. The van der Waals surface area contributed by atoms with E-state index >= 15 is 0 Å². The molecule has 0 spiro atoms. The number of methoxy groups -OCH3 is 2. The molecule has 15 atom stereocenters. The highest BCUT2D eigenvalue weighted by Gasteiger charge is 2.53. The number of piperidine rings is 1. The van der Waals surface area contributed by atoms with Crippen LogP contribution in [0.4, 0.5) is 0 Å². The minimum Gasteiger partial charge on any atom is -0.460 e. The lowest BCUT2D eigenvalue weighted by molar-refractivity contribution is -0.265. The van der Waals surface area contributed by atoms with Crippen LogP contribution in [0.5, 0.6) is 0 Å². The lowest BCUT2D eigenvalue weighted by Crippen LogP contribution is -2.61. The molecule has 75 heavy (non-hydrogen) atoms. The zero-order valence-corrected chi connectivity index (χ0v) is 46.9. The molecule has 17 nitrogen and oxygen atoms in total. The number of hydrogen-bond donors (Lipinski definition) is 4. The Labute approximate surface area is 445 Å². The lowest BCUT2D eigenvalue weighted by Gasteiger charge is -2.42. The Morgan fingerprint density at radius 3 is 2.19 bits per heavy atom. The number of esters is 2. The zero-order chi connectivity index (χ0) is 55.9. The first-order chi connectivity index (χ1) is 35.3. The normalized spacial score (nSPS) is 36.8. The second-order valence-electron chi connectivity index (χ2n) is 22.8. The van der Waals surface area contributed by atoms with Gasteiger partial charge in [0.1, 0.15) is 41.7 Å². The maximum Gasteiger partial charge on any atom is 0.329 e. The molecule has 2 saturated heterocycles. The standard InChI is InChI=1S/C58H91NO16/c1-34(2)72-51-40(8)27-37(5)46(63)31-48(38(6)28-42-22-24-47(49(29-42)70-11)74-56(68)57(10,32-60)33-61)73-55(67)44-20-16-17-25-59(44)54(66)53(65)58(69)41(9)21-23-43(75-58)30-45(62)36(4)19-15-13-14-18-35(3)26-39(7)50(64)52(51)71-12/h13-15,18-19,27,34-35,37-39,41-45,47-49,51-52,60-62,69H,16-17,20-26,28-33H2,1-12H3/b15-13+,18-14+,36-19+,40-27+/t35-,37-,38-,39-,41-,42+,43+,44+,45+,47-,48+,49-,51-,52+,58-/m1/s1. The number of amides is 1. The summed E-state index contributed by atoms with van der Waals surface area (Å²) >= 11 is 0. The first kappa shape index (κ1) is 63.6. The summed E-state index contributed by atoms with van der Waals surface area (Å²) in [6, 6.07) is -1.21. The maximum atomic E-state index is 14.6. The van der Waals surface area contributed by atoms with Crippen LogP contribution in [0.25, 0.3) is 0 Å². The van der Waals surface area contributed by atoms with Gasteiger partial charge >= 0.3 is 11.9 Å². The number of fused-ring (bicyclic) bond motifs is 3. The van der Waals surface area contributed by atoms with E-state index in [0.717, 1.165) is 4.90 Å². The van der Waals surface area contributed by atoms with E-state index in [1.54, 1.807) is 45.9 Å². The van der Waals surface area contributed by atoms with Crippen LogP contribution in [0.3, 0.4) is 0 Å². The van der Waals surface area contributed by atoms with E-state index in [1.165, 1.54) is 21.1 Å². The molecule has 1 aliphatic carbocycles. The Balaban J connectivity index is 1.73. The number of carbonyl (C=O) groups is 6. The minimum atomic E-state index is -2.52. The Hall–Kier alpha value is -3.94. The molecular formula is C58H91NO16. The van der Waals surface area contributed by atoms with Crippen molar-refractivity contribution in [3.8, 4) is 0 Å². The Kier molecular flexibility index (Phi) is 24.7. The molecule has 4 N–H and O–H groups in total. The molecule has 4 rings (SSSR count). The molecule has 1 amide bonds. The average molecular weight is 1060 g/mol. The number of ether oxygens (including phenoxy) is 6. The van der Waals surface area contributed by atoms with E-state index in [2.05, 4.69) is 0 Å². The largest absolute Gasteiger partial charge is 0.460 e. The highest BCUT2D eigenvalue weighted by molar-refractivity contribution is 6.39. The zero-order valence-electron chi connectivity index (χ0n) is 46.9. The second-order valence-corrected chi connectivity index (χ2v) is 22.8. The van der Waals surface area contributed by atoms with Crippen LogP contribution in [0.15, 0.2) is 47.6 Å². The van der Waals surface area contributed by atoms with Gasteiger partial charge in [-0.3, -0.25) is 24.0 Å². The molecule has 17 heteroatoms. The first-order valence-corrected chi connectivity index (χ1v) is 27.4. The Morgan fingerprint density at radius 1 is 0.853 bits per heavy atom. The average Bonchev–Trinajstić information content (AvgIpc) is 3.38. The molecule has 0 aromatic rings. The SMILES string of the molecule is CO[C@@H]1C[C@H](C[C@@H](C)[C@@H]2CC(=O)[C@H](C)/C=C(\C)[C@@H](OC(C)C)[C@@H](OC)C(=O)[C@H](C)C[C@H](C)/C=C/C=C/C=C(\C)[C@@H](O)C[C@@H]3CC[C@@H](C)[C@@](O)(O3)C(=O)C(=O)N3CCCC[C@H]3C(=O)O2)CC[C@H]1OC(=O)C(C)(CO)CO. The van der Waals surface area contributed by atoms with E-state index in [9.17, 15) is 49.2 Å². The van der Waals surface area contributed by atoms with Gasteiger partial charge in [-0.2, -0.15) is 0 Å². The topological polar surface area (TPSA) is 242 Å². The highest BCUT2D eigenvalue weighted by atomic mass is 16.6. The van der Waals surface area contributed by atoms with Crippen molar-refractivity contribution in [2.45, 2.75) is 207 Å². The van der Waals surface area contributed by atoms with Crippen molar-refractivity contribution in [2.24, 2.45) is 40.9 Å². The van der Waals surface area contributed by atoms with Gasteiger partial charge in [-0.15, -0.1) is 0 Å². The molecule has 0 radical (unpaired) electrons. The summed E-state index contributed by atoms with van der Waals surface area (Å²) in [4.78, 5) is 86.1. The molecule has 0 aromatic heterocycles. The van der Waals surface area contributed by atoms with E-state index in [-0.39, 0.29) is 55.3 Å². The predicted molar refractivity (Wildman–Crippen MR) is 281 cm³/mol. The van der Waals surface area contributed by atoms with Gasteiger partial charge in [0.25, 0.3) is 11.7 Å². The van der Waals surface area contributed by atoms with Crippen LogP contribution in [0.2, 0.25) is 0 Å². The van der Waals surface area contributed by atoms with E-state index in [1.807, 2.05) is 52.8 Å². The number of nitrogens with zero attached hydrogens (tertiary/aromatic N) is 1. The van der Waals surface area contributed by atoms with Gasteiger partial charge < -0.3 is 53.7 Å². The molecule has 0 aromatic carbocycles. The fourth-order valence-corrected chi connectivity index (χ4v) is 10.9. The first-order valence-electron chi connectivity index (χ1n) is 27.4. The van der Waals surface area contributed by atoms with E-state index in [4.69, 9.17) is 28.4 Å². The smallest absolute Gasteiger partial charge is 0.329 e. The fourth-order valence-electron chi connectivity index (χ4n) is 10.9. The number of rotatable bonds is 11. The summed E-state index contributed by atoms with van der Waals surface area (Å²) in [5, 5.41) is 42.8. The van der Waals surface area contributed by atoms with Crippen LogP contribution in [-0.4, -0.2) is 155 Å². The fraction of sp³-hybridized carbons (Fsp3) is 0.759.